The molecule has 3 N–H and O–H groups in total. The van der Waals surface area contributed by atoms with Crippen LogP contribution in [0.25, 0.3) is 0 Å². The zero-order chi connectivity index (χ0) is 11.8. The fourth-order valence-corrected chi connectivity index (χ4v) is 1.28. The maximum atomic E-state index is 8.83. The lowest BCUT2D eigenvalue weighted by molar-refractivity contribution is 0.265. The second kappa shape index (κ2) is 8.89. The molecule has 0 aliphatic heterocycles. The highest BCUT2D eigenvalue weighted by molar-refractivity contribution is 5.85. The first kappa shape index (κ1) is 15.8. The number of aliphatic hydroxyl groups excluding tert-OH is 1. The number of ether oxygens (including phenoxy) is 1. The smallest absolute Gasteiger partial charge is 0.149 e. The molecule has 1 aromatic carbocycles. The predicted molar refractivity (Wildman–Crippen MR) is 71.4 cm³/mol. The molecule has 17 heavy (non-hydrogen) atoms. The van der Waals surface area contributed by atoms with Gasteiger partial charge in [-0.15, -0.1) is 18.3 Å². The van der Waals surface area contributed by atoms with Crippen LogP contribution in [0.5, 0.6) is 5.75 Å². The van der Waals surface area contributed by atoms with Gasteiger partial charge in [0.15, 0.2) is 0 Å². The number of nitrogens with two attached hydrogens (primary N) is 1. The van der Waals surface area contributed by atoms with Crippen LogP contribution in [0.1, 0.15) is 12.5 Å². The van der Waals surface area contributed by atoms with Crippen LogP contribution in [0.4, 0.5) is 0 Å². The Bertz CT molecular complexity index is 367. The number of hydrogen-bond donors (Lipinski definition) is 2. The van der Waals surface area contributed by atoms with Crippen LogP contribution in [0.2, 0.25) is 0 Å². The van der Waals surface area contributed by atoms with Crippen molar-refractivity contribution in [3.05, 3.63) is 29.8 Å². The van der Waals surface area contributed by atoms with E-state index in [0.717, 1.165) is 11.3 Å². The van der Waals surface area contributed by atoms with Crippen molar-refractivity contribution in [3.8, 4) is 17.6 Å². The van der Waals surface area contributed by atoms with Crippen LogP contribution in [-0.2, 0) is 6.42 Å². The Hall–Kier alpha value is -1.21. The molecule has 1 atom stereocenters. The fourth-order valence-electron chi connectivity index (χ4n) is 1.28. The Morgan fingerprint density at radius 1 is 1.35 bits per heavy atom. The van der Waals surface area contributed by atoms with E-state index in [-0.39, 0.29) is 25.1 Å². The zero-order valence-corrected chi connectivity index (χ0v) is 10.7. The summed E-state index contributed by atoms with van der Waals surface area (Å²) in [5, 5.41) is 8.83. The SMILES string of the molecule is CC#CCOc1ccc(C[C@H](N)CO)cc1.Cl. The maximum Gasteiger partial charge on any atom is 0.149 e. The third kappa shape index (κ3) is 6.18. The van der Waals surface area contributed by atoms with Crippen LogP contribution in [0.15, 0.2) is 24.3 Å². The molecule has 0 heterocycles. The maximum absolute atomic E-state index is 8.83. The summed E-state index contributed by atoms with van der Waals surface area (Å²) in [5.41, 5.74) is 6.73. The second-order valence-electron chi connectivity index (χ2n) is 3.51. The Morgan fingerprint density at radius 2 is 2.00 bits per heavy atom. The summed E-state index contributed by atoms with van der Waals surface area (Å²) < 4.78 is 5.38. The quantitative estimate of drug-likeness (QED) is 0.782. The highest BCUT2D eigenvalue weighted by Gasteiger charge is 2.02. The van der Waals surface area contributed by atoms with Gasteiger partial charge in [0.05, 0.1) is 6.61 Å². The van der Waals surface area contributed by atoms with Gasteiger partial charge >= 0.3 is 0 Å². The molecule has 0 fully saturated rings. The van der Waals surface area contributed by atoms with Crippen molar-refractivity contribution in [2.45, 2.75) is 19.4 Å². The van der Waals surface area contributed by atoms with Gasteiger partial charge in [0, 0.05) is 6.04 Å². The summed E-state index contributed by atoms with van der Waals surface area (Å²) in [5.74, 6) is 6.39. The molecule has 0 spiro atoms. The normalized spacial score (nSPS) is 10.8. The minimum absolute atomic E-state index is 0. The molecule has 0 saturated heterocycles. The van der Waals surface area contributed by atoms with Gasteiger partial charge in [-0.1, -0.05) is 18.1 Å². The molecule has 4 heteroatoms. The number of halogens is 1. The first-order valence-electron chi connectivity index (χ1n) is 5.24. The molecule has 0 aliphatic rings. The molecule has 1 aromatic rings. The predicted octanol–water partition coefficient (Wildman–Crippen LogP) is 1.37. The van der Waals surface area contributed by atoms with Crippen LogP contribution in [0.3, 0.4) is 0 Å². The van der Waals surface area contributed by atoms with Crippen molar-refractivity contribution in [2.24, 2.45) is 5.73 Å². The van der Waals surface area contributed by atoms with Gasteiger partial charge in [-0.25, -0.2) is 0 Å². The standard InChI is InChI=1S/C13H17NO2.ClH/c1-2-3-8-16-13-6-4-11(5-7-13)9-12(14)10-15;/h4-7,12,15H,8-10,14H2,1H3;1H/t12-;/m0./s1. The lowest BCUT2D eigenvalue weighted by Gasteiger charge is -2.08. The summed E-state index contributed by atoms with van der Waals surface area (Å²) in [6.45, 7) is 2.19. The lowest BCUT2D eigenvalue weighted by atomic mass is 10.1. The largest absolute Gasteiger partial charge is 0.481 e. The Labute approximate surface area is 108 Å². The van der Waals surface area contributed by atoms with E-state index in [4.69, 9.17) is 15.6 Å². The molecule has 3 nitrogen and oxygen atoms in total. The van der Waals surface area contributed by atoms with Crippen molar-refractivity contribution in [1.29, 1.82) is 0 Å². The van der Waals surface area contributed by atoms with E-state index in [1.165, 1.54) is 0 Å². The monoisotopic (exact) mass is 255 g/mol. The molecule has 0 aromatic heterocycles. The third-order valence-corrected chi connectivity index (χ3v) is 2.14. The molecule has 1 rings (SSSR count). The highest BCUT2D eigenvalue weighted by Crippen LogP contribution is 2.12. The van der Waals surface area contributed by atoms with Crippen molar-refractivity contribution < 1.29 is 9.84 Å². The van der Waals surface area contributed by atoms with Crippen LogP contribution < -0.4 is 10.5 Å². The molecule has 0 saturated carbocycles. The van der Waals surface area contributed by atoms with E-state index < -0.39 is 0 Å². The van der Waals surface area contributed by atoms with Gasteiger partial charge in [0.2, 0.25) is 0 Å². The molecule has 0 radical (unpaired) electrons. The Kier molecular flexibility index (Phi) is 8.25. The van der Waals surface area contributed by atoms with E-state index in [9.17, 15) is 0 Å². The average Bonchev–Trinajstić information content (AvgIpc) is 2.31. The first-order chi connectivity index (χ1) is 7.76. The second-order valence-corrected chi connectivity index (χ2v) is 3.51. The van der Waals surface area contributed by atoms with Gasteiger partial charge in [-0.3, -0.25) is 0 Å². The summed E-state index contributed by atoms with van der Waals surface area (Å²) in [7, 11) is 0. The van der Waals surface area contributed by atoms with E-state index in [1.807, 2.05) is 24.3 Å². The van der Waals surface area contributed by atoms with Crippen molar-refractivity contribution in [2.75, 3.05) is 13.2 Å². The number of aliphatic hydroxyl groups is 1. The van der Waals surface area contributed by atoms with Gasteiger partial charge in [-0.2, -0.15) is 0 Å². The van der Waals surface area contributed by atoms with Gasteiger partial charge in [0.25, 0.3) is 0 Å². The highest BCUT2D eigenvalue weighted by atomic mass is 35.5. The van der Waals surface area contributed by atoms with E-state index in [0.29, 0.717) is 13.0 Å². The Balaban J connectivity index is 0.00000256. The number of hydrogen-bond acceptors (Lipinski definition) is 3. The molecule has 0 bridgehead atoms. The topological polar surface area (TPSA) is 55.5 Å². The average molecular weight is 256 g/mol. The summed E-state index contributed by atoms with van der Waals surface area (Å²) in [6.07, 6.45) is 0.672. The van der Waals surface area contributed by atoms with Crippen LogP contribution >= 0.6 is 12.4 Å². The Morgan fingerprint density at radius 3 is 2.53 bits per heavy atom. The fraction of sp³-hybridized carbons (Fsp3) is 0.385. The van der Waals surface area contributed by atoms with Crippen molar-refractivity contribution >= 4 is 12.4 Å². The van der Waals surface area contributed by atoms with E-state index in [2.05, 4.69) is 11.8 Å². The number of benzene rings is 1. The minimum atomic E-state index is -0.197. The van der Waals surface area contributed by atoms with Gasteiger partial charge < -0.3 is 15.6 Å². The van der Waals surface area contributed by atoms with Crippen LogP contribution in [0, 0.1) is 11.8 Å². The van der Waals surface area contributed by atoms with Crippen molar-refractivity contribution in [3.63, 3.8) is 0 Å². The summed E-state index contributed by atoms with van der Waals surface area (Å²) in [6, 6.07) is 7.47. The molecule has 0 aliphatic carbocycles. The van der Waals surface area contributed by atoms with Gasteiger partial charge in [0.1, 0.15) is 12.4 Å². The van der Waals surface area contributed by atoms with Gasteiger partial charge in [-0.05, 0) is 31.0 Å². The third-order valence-electron chi connectivity index (χ3n) is 2.14. The van der Waals surface area contributed by atoms with Crippen molar-refractivity contribution in [1.82, 2.24) is 0 Å². The molecular weight excluding hydrogens is 238 g/mol. The molecule has 0 amide bonds. The minimum Gasteiger partial charge on any atom is -0.481 e. The number of rotatable bonds is 5. The van der Waals surface area contributed by atoms with E-state index in [1.54, 1.807) is 6.92 Å². The van der Waals surface area contributed by atoms with Crippen LogP contribution in [-0.4, -0.2) is 24.4 Å². The molecule has 0 unspecified atom stereocenters. The first-order valence-corrected chi connectivity index (χ1v) is 5.24. The molecular formula is C13H18ClNO2. The lowest BCUT2D eigenvalue weighted by Crippen LogP contribution is -2.26. The summed E-state index contributed by atoms with van der Waals surface area (Å²) >= 11 is 0. The van der Waals surface area contributed by atoms with E-state index >= 15 is 0 Å². The molecule has 94 valence electrons. The zero-order valence-electron chi connectivity index (χ0n) is 9.85. The summed E-state index contributed by atoms with van der Waals surface area (Å²) in [4.78, 5) is 0.